The van der Waals surface area contributed by atoms with Gasteiger partial charge in [0.05, 0.1) is 11.1 Å². The maximum atomic E-state index is 13.5. The Hall–Kier alpha value is -1.86. The number of rotatable bonds is 7. The maximum Gasteiger partial charge on any atom is 0.263 e. The van der Waals surface area contributed by atoms with Gasteiger partial charge in [-0.2, -0.15) is 0 Å². The van der Waals surface area contributed by atoms with Crippen LogP contribution in [0.2, 0.25) is 0 Å². The van der Waals surface area contributed by atoms with Crippen LogP contribution in [0, 0.1) is 19.8 Å². The first-order valence-electron chi connectivity index (χ1n) is 11.1. The van der Waals surface area contributed by atoms with Gasteiger partial charge in [0.25, 0.3) is 5.56 Å². The van der Waals surface area contributed by atoms with Crippen LogP contribution >= 0.6 is 23.1 Å². The topological polar surface area (TPSA) is 56.9 Å². The summed E-state index contributed by atoms with van der Waals surface area (Å²) in [6, 6.07) is 1.95. The summed E-state index contributed by atoms with van der Waals surface area (Å²) < 4.78 is 3.86. The van der Waals surface area contributed by atoms with Crippen LogP contribution in [0.5, 0.6) is 0 Å². The standard InChI is InChI=1S/C24H31N3O2S2/c1-14(2)10-11-27-23(29)21-17-8-6-7-9-20(17)31-22(21)25-24(27)30-13-19(28)18-12-15(3)26(5)16(18)4/h12,14H,6-11,13H2,1-5H3. The zero-order valence-corrected chi connectivity index (χ0v) is 20.7. The van der Waals surface area contributed by atoms with E-state index in [-0.39, 0.29) is 17.1 Å². The van der Waals surface area contributed by atoms with E-state index >= 15 is 0 Å². The van der Waals surface area contributed by atoms with Gasteiger partial charge in [-0.1, -0.05) is 25.6 Å². The van der Waals surface area contributed by atoms with E-state index < -0.39 is 0 Å². The molecule has 1 aliphatic carbocycles. The molecule has 0 unspecified atom stereocenters. The summed E-state index contributed by atoms with van der Waals surface area (Å²) in [5, 5.41) is 1.50. The highest BCUT2D eigenvalue weighted by Gasteiger charge is 2.23. The van der Waals surface area contributed by atoms with Gasteiger partial charge in [-0.15, -0.1) is 11.3 Å². The number of fused-ring (bicyclic) bond motifs is 3. The summed E-state index contributed by atoms with van der Waals surface area (Å²) in [5.41, 5.74) is 4.12. The van der Waals surface area contributed by atoms with Crippen molar-refractivity contribution >= 4 is 39.1 Å². The summed E-state index contributed by atoms with van der Waals surface area (Å²) in [5.74, 6) is 0.865. The van der Waals surface area contributed by atoms with E-state index in [9.17, 15) is 9.59 Å². The molecule has 0 atom stereocenters. The quantitative estimate of drug-likeness (QED) is 0.274. The van der Waals surface area contributed by atoms with Crippen LogP contribution in [0.3, 0.4) is 0 Å². The van der Waals surface area contributed by atoms with Gasteiger partial charge in [0.15, 0.2) is 10.9 Å². The van der Waals surface area contributed by atoms with Crippen LogP contribution in [0.4, 0.5) is 0 Å². The highest BCUT2D eigenvalue weighted by molar-refractivity contribution is 7.99. The van der Waals surface area contributed by atoms with Crippen molar-refractivity contribution in [3.63, 3.8) is 0 Å². The normalized spacial score (nSPS) is 13.9. The number of aryl methyl sites for hydroxylation is 3. The first kappa shape index (κ1) is 22.3. The lowest BCUT2D eigenvalue weighted by atomic mass is 9.97. The van der Waals surface area contributed by atoms with E-state index in [1.54, 1.807) is 11.3 Å². The zero-order valence-electron chi connectivity index (χ0n) is 19.1. The maximum absolute atomic E-state index is 13.5. The fourth-order valence-electron chi connectivity index (χ4n) is 4.26. The van der Waals surface area contributed by atoms with Gasteiger partial charge in [0.1, 0.15) is 4.83 Å². The molecule has 0 fully saturated rings. The Morgan fingerprint density at radius 1 is 1.26 bits per heavy atom. The van der Waals surface area contributed by atoms with Gasteiger partial charge in [0, 0.05) is 35.4 Å². The molecule has 7 heteroatoms. The van der Waals surface area contributed by atoms with Crippen molar-refractivity contribution in [1.82, 2.24) is 14.1 Å². The van der Waals surface area contributed by atoms with Crippen LogP contribution in [-0.2, 0) is 26.4 Å². The third-order valence-electron chi connectivity index (χ3n) is 6.38. The number of hydrogen-bond acceptors (Lipinski definition) is 5. The Kier molecular flexibility index (Phi) is 6.44. The van der Waals surface area contributed by atoms with Crippen LogP contribution in [0.1, 0.15) is 65.3 Å². The van der Waals surface area contributed by atoms with E-state index in [0.717, 1.165) is 52.9 Å². The number of carbonyl (C=O) groups is 1. The minimum atomic E-state index is 0.0757. The minimum Gasteiger partial charge on any atom is -0.351 e. The monoisotopic (exact) mass is 457 g/mol. The van der Waals surface area contributed by atoms with E-state index in [0.29, 0.717) is 17.6 Å². The number of thioether (sulfide) groups is 1. The van der Waals surface area contributed by atoms with Crippen LogP contribution in [0.15, 0.2) is 16.0 Å². The molecule has 31 heavy (non-hydrogen) atoms. The van der Waals surface area contributed by atoms with Crippen molar-refractivity contribution < 1.29 is 4.79 Å². The molecule has 5 nitrogen and oxygen atoms in total. The molecule has 0 radical (unpaired) electrons. The van der Waals surface area contributed by atoms with E-state index in [4.69, 9.17) is 4.98 Å². The number of carbonyl (C=O) groups excluding carboxylic acids is 1. The number of Topliss-reactive ketones (excluding diaryl/α,β-unsaturated/α-hetero) is 1. The molecule has 0 N–H and O–H groups in total. The van der Waals surface area contributed by atoms with Gasteiger partial charge >= 0.3 is 0 Å². The van der Waals surface area contributed by atoms with Crippen LogP contribution < -0.4 is 5.56 Å². The fraction of sp³-hybridized carbons (Fsp3) is 0.542. The largest absolute Gasteiger partial charge is 0.351 e. The van der Waals surface area contributed by atoms with Gasteiger partial charge in [-0.3, -0.25) is 14.2 Å². The predicted octanol–water partition coefficient (Wildman–Crippen LogP) is 5.31. The molecule has 0 bridgehead atoms. The van der Waals surface area contributed by atoms with Crippen molar-refractivity contribution in [2.24, 2.45) is 13.0 Å². The minimum absolute atomic E-state index is 0.0757. The Morgan fingerprint density at radius 2 is 2.00 bits per heavy atom. The molecule has 0 spiro atoms. The molecule has 0 saturated heterocycles. The molecule has 0 saturated carbocycles. The molecule has 0 aromatic carbocycles. The lowest BCUT2D eigenvalue weighted by molar-refractivity contribution is 0.102. The SMILES string of the molecule is Cc1cc(C(=O)CSc2nc3sc4c(c3c(=O)n2CCC(C)C)CCCC4)c(C)n1C. The zero-order chi connectivity index (χ0) is 22.3. The molecule has 0 amide bonds. The molecular formula is C24H31N3O2S2. The Balaban J connectivity index is 1.69. The van der Waals surface area contributed by atoms with Crippen molar-refractivity contribution in [2.45, 2.75) is 71.5 Å². The van der Waals surface area contributed by atoms with Gasteiger partial charge in [0.2, 0.25) is 0 Å². The van der Waals surface area contributed by atoms with Crippen LogP contribution in [0.25, 0.3) is 10.2 Å². The third-order valence-corrected chi connectivity index (χ3v) is 8.54. The number of hydrogen-bond donors (Lipinski definition) is 0. The molecule has 3 aromatic rings. The summed E-state index contributed by atoms with van der Waals surface area (Å²) in [7, 11) is 1.98. The Labute approximate surface area is 191 Å². The van der Waals surface area contributed by atoms with E-state index in [1.165, 1.54) is 28.6 Å². The second-order valence-corrected chi connectivity index (χ2v) is 11.0. The van der Waals surface area contributed by atoms with Gasteiger partial charge in [-0.05, 0) is 63.5 Å². The second kappa shape index (κ2) is 8.94. The predicted molar refractivity (Wildman–Crippen MR) is 130 cm³/mol. The number of ketones is 1. The summed E-state index contributed by atoms with van der Waals surface area (Å²) in [6.07, 6.45) is 5.28. The van der Waals surface area contributed by atoms with Crippen molar-refractivity contribution in [3.8, 4) is 0 Å². The molecule has 166 valence electrons. The van der Waals surface area contributed by atoms with Gasteiger partial charge < -0.3 is 4.57 Å². The first-order chi connectivity index (χ1) is 14.8. The molecule has 4 rings (SSSR count). The van der Waals surface area contributed by atoms with Crippen molar-refractivity contribution in [3.05, 3.63) is 43.8 Å². The molecule has 0 aliphatic heterocycles. The molecule has 1 aliphatic rings. The third kappa shape index (κ3) is 4.27. The number of aromatic nitrogens is 3. The highest BCUT2D eigenvalue weighted by Crippen LogP contribution is 2.35. The van der Waals surface area contributed by atoms with E-state index in [1.807, 2.05) is 36.1 Å². The highest BCUT2D eigenvalue weighted by atomic mass is 32.2. The lowest BCUT2D eigenvalue weighted by Crippen LogP contribution is -2.25. The first-order valence-corrected chi connectivity index (χ1v) is 12.9. The van der Waals surface area contributed by atoms with Crippen molar-refractivity contribution in [1.29, 1.82) is 0 Å². The Bertz CT molecular complexity index is 1200. The number of nitrogens with zero attached hydrogens (tertiary/aromatic N) is 3. The lowest BCUT2D eigenvalue weighted by Gasteiger charge is -2.14. The Morgan fingerprint density at radius 3 is 2.68 bits per heavy atom. The summed E-state index contributed by atoms with van der Waals surface area (Å²) in [4.78, 5) is 33.6. The average molecular weight is 458 g/mol. The van der Waals surface area contributed by atoms with Gasteiger partial charge in [-0.25, -0.2) is 4.98 Å². The average Bonchev–Trinajstić information content (AvgIpc) is 3.23. The summed E-state index contributed by atoms with van der Waals surface area (Å²) in [6.45, 7) is 8.96. The second-order valence-electron chi connectivity index (χ2n) is 8.98. The molecule has 3 aromatic heterocycles. The smallest absolute Gasteiger partial charge is 0.263 e. The van der Waals surface area contributed by atoms with Crippen LogP contribution in [-0.4, -0.2) is 25.7 Å². The van der Waals surface area contributed by atoms with Crippen molar-refractivity contribution in [2.75, 3.05) is 5.75 Å². The number of thiophene rings is 1. The summed E-state index contributed by atoms with van der Waals surface area (Å²) >= 11 is 3.07. The molecular weight excluding hydrogens is 426 g/mol. The molecule has 3 heterocycles. The fourth-order valence-corrected chi connectivity index (χ4v) is 6.47. The van der Waals surface area contributed by atoms with E-state index in [2.05, 4.69) is 13.8 Å².